The first kappa shape index (κ1) is 7.75. The van der Waals surface area contributed by atoms with Gasteiger partial charge in [0.15, 0.2) is 0 Å². The lowest BCUT2D eigenvalue weighted by Gasteiger charge is -1.96. The van der Waals surface area contributed by atoms with Gasteiger partial charge in [-0.2, -0.15) is 0 Å². The van der Waals surface area contributed by atoms with Gasteiger partial charge in [-0.3, -0.25) is 4.98 Å². The number of hydrogen-bond acceptors (Lipinski definition) is 1. The number of nitrogens with zero attached hydrogens (tertiary/aromatic N) is 2. The molecule has 1 heterocycles. The molecule has 2 nitrogen and oxygen atoms in total. The Morgan fingerprint density at radius 3 is 3.00 bits per heavy atom. The van der Waals surface area contributed by atoms with Crippen LogP contribution in [0.15, 0.2) is 36.5 Å². The second-order valence-corrected chi connectivity index (χ2v) is 2.85. The van der Waals surface area contributed by atoms with Crippen LogP contribution in [0.5, 0.6) is 0 Å². The van der Waals surface area contributed by atoms with Gasteiger partial charge in [0.1, 0.15) is 0 Å². The Labute approximate surface area is 76.7 Å². The molecular weight excluding hydrogens is 160 g/mol. The monoisotopic (exact) mass is 168 g/mol. The fourth-order valence-corrected chi connectivity index (χ4v) is 1.29. The Balaban J connectivity index is 2.57. The summed E-state index contributed by atoms with van der Waals surface area (Å²) in [5, 5.41) is 1.10. The summed E-state index contributed by atoms with van der Waals surface area (Å²) < 4.78 is 0. The zero-order chi connectivity index (χ0) is 9.10. The summed E-state index contributed by atoms with van der Waals surface area (Å²) in [7, 11) is 0. The van der Waals surface area contributed by atoms with E-state index < -0.39 is 0 Å². The Bertz CT molecular complexity index is 469. The van der Waals surface area contributed by atoms with Crippen LogP contribution < -0.4 is 0 Å². The van der Waals surface area contributed by atoms with Crippen LogP contribution in [0.1, 0.15) is 5.56 Å². The van der Waals surface area contributed by atoms with Gasteiger partial charge in [-0.15, -0.1) is 0 Å². The highest BCUT2D eigenvalue weighted by Gasteiger charge is 1.97. The Morgan fingerprint density at radius 2 is 2.15 bits per heavy atom. The highest BCUT2D eigenvalue weighted by Crippen LogP contribution is 2.12. The minimum absolute atomic E-state index is 0.415. The third-order valence-electron chi connectivity index (χ3n) is 1.91. The van der Waals surface area contributed by atoms with Crippen LogP contribution in [0.3, 0.4) is 0 Å². The van der Waals surface area contributed by atoms with E-state index in [2.05, 4.69) is 9.83 Å². The number of para-hydroxylation sites is 1. The van der Waals surface area contributed by atoms with Crippen molar-refractivity contribution in [3.05, 3.63) is 53.5 Å². The van der Waals surface area contributed by atoms with Crippen molar-refractivity contribution in [3.8, 4) is 0 Å². The molecule has 0 fully saturated rings. The average molecular weight is 168 g/mol. The van der Waals surface area contributed by atoms with Crippen LogP contribution in [-0.4, -0.2) is 4.98 Å². The minimum atomic E-state index is 0.415. The van der Waals surface area contributed by atoms with E-state index >= 15 is 0 Å². The zero-order valence-electron chi connectivity index (χ0n) is 7.07. The molecule has 0 aliphatic rings. The van der Waals surface area contributed by atoms with Gasteiger partial charge >= 0.3 is 0 Å². The quantitative estimate of drug-likeness (QED) is 0.598. The van der Waals surface area contributed by atoms with E-state index in [1.54, 1.807) is 6.20 Å². The molecule has 0 saturated heterocycles. The lowest BCUT2D eigenvalue weighted by Crippen LogP contribution is -1.83. The van der Waals surface area contributed by atoms with Crippen molar-refractivity contribution in [3.63, 3.8) is 0 Å². The van der Waals surface area contributed by atoms with Gasteiger partial charge in [-0.1, -0.05) is 18.2 Å². The molecular formula is C11H8N2. The van der Waals surface area contributed by atoms with Gasteiger partial charge in [0.2, 0.25) is 6.54 Å². The number of pyridine rings is 1. The summed E-state index contributed by atoms with van der Waals surface area (Å²) in [5.74, 6) is 0. The van der Waals surface area contributed by atoms with Crippen LogP contribution >= 0.6 is 0 Å². The standard InChI is InChI=1S/C11H8N2/c1-12-7-9-6-10-4-2-3-5-11(10)13-8-9/h2-6,8H,7H2. The van der Waals surface area contributed by atoms with E-state index in [9.17, 15) is 0 Å². The van der Waals surface area contributed by atoms with Crippen molar-refractivity contribution in [1.29, 1.82) is 0 Å². The second kappa shape index (κ2) is 3.24. The lowest BCUT2D eigenvalue weighted by molar-refractivity contribution is 1.22. The predicted molar refractivity (Wildman–Crippen MR) is 52.0 cm³/mol. The fraction of sp³-hybridized carbons (Fsp3) is 0.0909. The summed E-state index contributed by atoms with van der Waals surface area (Å²) in [5.41, 5.74) is 1.96. The molecule has 0 aliphatic carbocycles. The molecule has 62 valence electrons. The molecule has 0 atom stereocenters. The van der Waals surface area contributed by atoms with E-state index in [1.807, 2.05) is 30.3 Å². The fourth-order valence-electron chi connectivity index (χ4n) is 1.29. The average Bonchev–Trinajstić information content (AvgIpc) is 2.18. The molecule has 2 rings (SSSR count). The molecule has 2 aromatic rings. The molecule has 2 heteroatoms. The maximum Gasteiger partial charge on any atom is 0.241 e. The number of hydrogen-bond donors (Lipinski definition) is 0. The van der Waals surface area contributed by atoms with E-state index in [1.165, 1.54) is 0 Å². The molecule has 0 amide bonds. The first-order valence-corrected chi connectivity index (χ1v) is 4.07. The van der Waals surface area contributed by atoms with Gasteiger partial charge in [0.05, 0.1) is 5.52 Å². The Hall–Kier alpha value is -1.88. The highest BCUT2D eigenvalue weighted by atomic mass is 14.7. The number of fused-ring (bicyclic) bond motifs is 1. The van der Waals surface area contributed by atoms with Crippen LogP contribution in [-0.2, 0) is 6.54 Å². The maximum absolute atomic E-state index is 6.75. The topological polar surface area (TPSA) is 17.2 Å². The highest BCUT2D eigenvalue weighted by molar-refractivity contribution is 5.78. The molecule has 0 aliphatic heterocycles. The van der Waals surface area contributed by atoms with Crippen LogP contribution in [0, 0.1) is 6.57 Å². The molecule has 1 aromatic carbocycles. The van der Waals surface area contributed by atoms with Crippen molar-refractivity contribution in [2.45, 2.75) is 6.54 Å². The number of benzene rings is 1. The molecule has 0 bridgehead atoms. The number of rotatable bonds is 1. The number of aromatic nitrogens is 1. The molecule has 0 spiro atoms. The lowest BCUT2D eigenvalue weighted by atomic mass is 10.2. The largest absolute Gasteiger partial charge is 0.312 e. The molecule has 0 saturated carbocycles. The Kier molecular flexibility index (Phi) is 1.93. The van der Waals surface area contributed by atoms with E-state index in [0.29, 0.717) is 6.54 Å². The summed E-state index contributed by atoms with van der Waals surface area (Å²) >= 11 is 0. The smallest absolute Gasteiger partial charge is 0.241 e. The SMILES string of the molecule is [C-]#[N+]Cc1cnc2ccccc2c1. The van der Waals surface area contributed by atoms with Crippen molar-refractivity contribution in [1.82, 2.24) is 4.98 Å². The maximum atomic E-state index is 6.75. The third kappa shape index (κ3) is 1.50. The van der Waals surface area contributed by atoms with Crippen molar-refractivity contribution < 1.29 is 0 Å². The summed E-state index contributed by atoms with van der Waals surface area (Å²) in [6, 6.07) is 9.93. The van der Waals surface area contributed by atoms with E-state index in [4.69, 9.17) is 6.57 Å². The van der Waals surface area contributed by atoms with Crippen LogP contribution in [0.2, 0.25) is 0 Å². The normalized spacial score (nSPS) is 9.77. The second-order valence-electron chi connectivity index (χ2n) is 2.85. The van der Waals surface area contributed by atoms with Gasteiger partial charge in [-0.25, -0.2) is 6.57 Å². The van der Waals surface area contributed by atoms with E-state index in [0.717, 1.165) is 16.5 Å². The van der Waals surface area contributed by atoms with Gasteiger partial charge in [-0.05, 0) is 12.1 Å². The van der Waals surface area contributed by atoms with Gasteiger partial charge in [0, 0.05) is 17.1 Å². The van der Waals surface area contributed by atoms with Gasteiger partial charge in [0.25, 0.3) is 0 Å². The van der Waals surface area contributed by atoms with E-state index in [-0.39, 0.29) is 0 Å². The minimum Gasteiger partial charge on any atom is -0.312 e. The molecule has 1 aromatic heterocycles. The zero-order valence-corrected chi connectivity index (χ0v) is 7.07. The van der Waals surface area contributed by atoms with Crippen molar-refractivity contribution in [2.75, 3.05) is 0 Å². The predicted octanol–water partition coefficient (Wildman–Crippen LogP) is 2.65. The van der Waals surface area contributed by atoms with Crippen LogP contribution in [0.4, 0.5) is 0 Å². The Morgan fingerprint density at radius 1 is 1.31 bits per heavy atom. The van der Waals surface area contributed by atoms with Crippen molar-refractivity contribution >= 4 is 10.9 Å². The van der Waals surface area contributed by atoms with Gasteiger partial charge < -0.3 is 4.85 Å². The van der Waals surface area contributed by atoms with Crippen LogP contribution in [0.25, 0.3) is 15.7 Å². The molecule has 0 unspecified atom stereocenters. The first-order chi connectivity index (χ1) is 6.40. The first-order valence-electron chi connectivity index (χ1n) is 4.07. The summed E-state index contributed by atoms with van der Waals surface area (Å²) in [4.78, 5) is 7.58. The molecule has 13 heavy (non-hydrogen) atoms. The molecule has 0 N–H and O–H groups in total. The summed E-state index contributed by atoms with van der Waals surface area (Å²) in [6.07, 6.45) is 1.76. The molecule has 0 radical (unpaired) electrons. The summed E-state index contributed by atoms with van der Waals surface area (Å²) in [6.45, 7) is 7.16. The third-order valence-corrected chi connectivity index (χ3v) is 1.91. The van der Waals surface area contributed by atoms with Crippen molar-refractivity contribution in [2.24, 2.45) is 0 Å².